The van der Waals surface area contributed by atoms with Gasteiger partial charge in [-0.05, 0) is 76.3 Å². The number of aliphatic hydroxyl groups excluding tert-OH is 1. The van der Waals surface area contributed by atoms with E-state index in [-0.39, 0.29) is 17.4 Å². The first-order chi connectivity index (χ1) is 16.5. The predicted octanol–water partition coefficient (Wildman–Crippen LogP) is 3.69. The standard InChI is InChI=1S/C27H32N2O6/c1-16(2)34-22-12-9-20(15-17(22)3)25(31)23-24(19-7-10-21(11-8-19)35-18(4)30)29(14-13-28(5)6)27(33)26(23)32/h7-12,15-16,24,31H,13-14H2,1-6H3/b25-23-. The number of carbonyl (C=O) groups excluding carboxylic acids is 3. The number of amides is 1. The van der Waals surface area contributed by atoms with Crippen molar-refractivity contribution in [2.45, 2.75) is 39.8 Å². The van der Waals surface area contributed by atoms with Crippen LogP contribution >= 0.6 is 0 Å². The number of hydrogen-bond donors (Lipinski definition) is 1. The van der Waals surface area contributed by atoms with E-state index in [1.165, 1.54) is 11.8 Å². The van der Waals surface area contributed by atoms with Crippen LogP contribution in [0.4, 0.5) is 0 Å². The van der Waals surface area contributed by atoms with Crippen LogP contribution in [0.25, 0.3) is 5.76 Å². The van der Waals surface area contributed by atoms with Crippen LogP contribution in [0.3, 0.4) is 0 Å². The average Bonchev–Trinajstić information content (AvgIpc) is 3.03. The molecule has 1 amide bonds. The number of aliphatic hydroxyl groups is 1. The van der Waals surface area contributed by atoms with Crippen molar-refractivity contribution in [1.29, 1.82) is 0 Å². The highest BCUT2D eigenvalue weighted by Gasteiger charge is 2.45. The summed E-state index contributed by atoms with van der Waals surface area (Å²) in [7, 11) is 3.76. The van der Waals surface area contributed by atoms with E-state index in [0.717, 1.165) is 5.56 Å². The Bertz CT molecular complexity index is 1150. The Morgan fingerprint density at radius 3 is 2.31 bits per heavy atom. The highest BCUT2D eigenvalue weighted by Crippen LogP contribution is 2.40. The lowest BCUT2D eigenvalue weighted by Gasteiger charge is -2.26. The first-order valence-corrected chi connectivity index (χ1v) is 11.5. The summed E-state index contributed by atoms with van der Waals surface area (Å²) in [5, 5.41) is 11.3. The largest absolute Gasteiger partial charge is 0.507 e. The first-order valence-electron chi connectivity index (χ1n) is 11.5. The molecule has 1 atom stereocenters. The Morgan fingerprint density at radius 2 is 1.77 bits per heavy atom. The Kier molecular flexibility index (Phi) is 7.96. The smallest absolute Gasteiger partial charge is 0.308 e. The second kappa shape index (κ2) is 10.7. The number of nitrogens with zero attached hydrogens (tertiary/aromatic N) is 2. The van der Waals surface area contributed by atoms with Gasteiger partial charge in [0.15, 0.2) is 0 Å². The molecule has 1 fully saturated rings. The second-order valence-electron chi connectivity index (χ2n) is 9.11. The van der Waals surface area contributed by atoms with Crippen LogP contribution in [0.1, 0.15) is 43.5 Å². The van der Waals surface area contributed by atoms with E-state index in [2.05, 4.69) is 0 Å². The normalized spacial score (nSPS) is 17.4. The van der Waals surface area contributed by atoms with Gasteiger partial charge >= 0.3 is 5.97 Å². The van der Waals surface area contributed by atoms with Gasteiger partial charge in [0.05, 0.1) is 17.7 Å². The maximum atomic E-state index is 13.2. The fourth-order valence-corrected chi connectivity index (χ4v) is 3.99. The minimum Gasteiger partial charge on any atom is -0.507 e. The number of carbonyl (C=O) groups is 3. The average molecular weight is 481 g/mol. The fourth-order valence-electron chi connectivity index (χ4n) is 3.99. The van der Waals surface area contributed by atoms with E-state index in [4.69, 9.17) is 9.47 Å². The van der Waals surface area contributed by atoms with E-state index in [1.54, 1.807) is 42.5 Å². The summed E-state index contributed by atoms with van der Waals surface area (Å²) in [6, 6.07) is 11.0. The van der Waals surface area contributed by atoms with Crippen LogP contribution in [0.5, 0.6) is 11.5 Å². The monoisotopic (exact) mass is 480 g/mol. The number of ether oxygens (including phenoxy) is 2. The van der Waals surface area contributed by atoms with Gasteiger partial charge in [0.25, 0.3) is 11.7 Å². The summed E-state index contributed by atoms with van der Waals surface area (Å²) in [5.41, 5.74) is 1.86. The molecule has 3 rings (SSSR count). The predicted molar refractivity (Wildman–Crippen MR) is 132 cm³/mol. The van der Waals surface area contributed by atoms with Gasteiger partial charge in [0.1, 0.15) is 17.3 Å². The molecule has 1 aliphatic rings. The van der Waals surface area contributed by atoms with Crippen molar-refractivity contribution in [2.75, 3.05) is 27.2 Å². The van der Waals surface area contributed by atoms with Crippen molar-refractivity contribution >= 4 is 23.4 Å². The van der Waals surface area contributed by atoms with Crippen molar-refractivity contribution < 1.29 is 29.0 Å². The maximum absolute atomic E-state index is 13.2. The third-order valence-corrected chi connectivity index (χ3v) is 5.60. The molecule has 0 radical (unpaired) electrons. The van der Waals surface area contributed by atoms with Crippen LogP contribution in [0.15, 0.2) is 48.0 Å². The third-order valence-electron chi connectivity index (χ3n) is 5.60. The molecule has 1 aliphatic heterocycles. The van der Waals surface area contributed by atoms with Crippen LogP contribution < -0.4 is 9.47 Å². The van der Waals surface area contributed by atoms with Gasteiger partial charge in [-0.15, -0.1) is 0 Å². The summed E-state index contributed by atoms with van der Waals surface area (Å²) >= 11 is 0. The molecule has 8 nitrogen and oxygen atoms in total. The highest BCUT2D eigenvalue weighted by atomic mass is 16.5. The minimum atomic E-state index is -0.784. The number of esters is 1. The second-order valence-corrected chi connectivity index (χ2v) is 9.11. The number of likely N-dealkylation sites (tertiary alicyclic amines) is 1. The molecular weight excluding hydrogens is 448 g/mol. The SMILES string of the molecule is CC(=O)Oc1ccc(C2/C(=C(/O)c3ccc(OC(C)C)c(C)c3)C(=O)C(=O)N2CCN(C)C)cc1. The van der Waals surface area contributed by atoms with Crippen molar-refractivity contribution in [3.8, 4) is 11.5 Å². The zero-order valence-electron chi connectivity index (χ0n) is 21.0. The van der Waals surface area contributed by atoms with Crippen LogP contribution in [0, 0.1) is 6.92 Å². The molecule has 0 spiro atoms. The molecule has 1 heterocycles. The van der Waals surface area contributed by atoms with Crippen LogP contribution in [-0.4, -0.2) is 65.9 Å². The lowest BCUT2D eigenvalue weighted by atomic mass is 9.94. The lowest BCUT2D eigenvalue weighted by Crippen LogP contribution is -2.35. The molecule has 35 heavy (non-hydrogen) atoms. The fraction of sp³-hybridized carbons (Fsp3) is 0.370. The summed E-state index contributed by atoms with van der Waals surface area (Å²) in [6.07, 6.45) is -0.00915. The summed E-state index contributed by atoms with van der Waals surface area (Å²) in [5.74, 6) is -1.07. The summed E-state index contributed by atoms with van der Waals surface area (Å²) in [4.78, 5) is 40.8. The van der Waals surface area contributed by atoms with Crippen molar-refractivity contribution in [3.05, 3.63) is 64.7 Å². The van der Waals surface area contributed by atoms with Gasteiger partial charge in [-0.3, -0.25) is 14.4 Å². The van der Waals surface area contributed by atoms with Gasteiger partial charge in [0.2, 0.25) is 0 Å². The van der Waals surface area contributed by atoms with E-state index in [9.17, 15) is 19.5 Å². The Balaban J connectivity index is 2.09. The topological polar surface area (TPSA) is 96.4 Å². The number of ketones is 1. The summed E-state index contributed by atoms with van der Waals surface area (Å²) < 4.78 is 10.9. The number of aryl methyl sites for hydroxylation is 1. The van der Waals surface area contributed by atoms with Crippen LogP contribution in [0.2, 0.25) is 0 Å². The lowest BCUT2D eigenvalue weighted by molar-refractivity contribution is -0.140. The number of hydrogen-bond acceptors (Lipinski definition) is 7. The Hall–Kier alpha value is -3.65. The summed E-state index contributed by atoms with van der Waals surface area (Å²) in [6.45, 7) is 7.85. The number of likely N-dealkylation sites (N-methyl/N-ethyl adjacent to an activating group) is 1. The van der Waals surface area contributed by atoms with E-state index in [0.29, 0.717) is 35.7 Å². The van der Waals surface area contributed by atoms with E-state index >= 15 is 0 Å². The van der Waals surface area contributed by atoms with Gasteiger partial charge in [-0.25, -0.2) is 0 Å². The van der Waals surface area contributed by atoms with Crippen molar-refractivity contribution in [1.82, 2.24) is 9.80 Å². The number of benzene rings is 2. The molecule has 1 unspecified atom stereocenters. The molecule has 186 valence electrons. The van der Waals surface area contributed by atoms with E-state index < -0.39 is 23.7 Å². The minimum absolute atomic E-state index is 0.00915. The molecule has 1 saturated heterocycles. The zero-order valence-corrected chi connectivity index (χ0v) is 21.0. The molecule has 0 bridgehead atoms. The highest BCUT2D eigenvalue weighted by molar-refractivity contribution is 6.46. The number of Topliss-reactive ketones (excluding diaryl/α,β-unsaturated/α-hetero) is 1. The van der Waals surface area contributed by atoms with Crippen LogP contribution in [-0.2, 0) is 14.4 Å². The molecule has 2 aromatic carbocycles. The molecule has 0 aromatic heterocycles. The molecular formula is C27H32N2O6. The molecule has 2 aromatic rings. The first kappa shape index (κ1) is 26.0. The van der Waals surface area contributed by atoms with Gasteiger partial charge in [0, 0.05) is 25.6 Å². The van der Waals surface area contributed by atoms with Gasteiger partial charge in [-0.2, -0.15) is 0 Å². The Morgan fingerprint density at radius 1 is 1.11 bits per heavy atom. The zero-order chi connectivity index (χ0) is 25.9. The molecule has 0 aliphatic carbocycles. The van der Waals surface area contributed by atoms with Crippen molar-refractivity contribution in [2.24, 2.45) is 0 Å². The maximum Gasteiger partial charge on any atom is 0.308 e. The molecule has 8 heteroatoms. The van der Waals surface area contributed by atoms with Gasteiger partial charge in [-0.1, -0.05) is 12.1 Å². The van der Waals surface area contributed by atoms with Crippen molar-refractivity contribution in [3.63, 3.8) is 0 Å². The molecule has 1 N–H and O–H groups in total. The molecule has 0 saturated carbocycles. The number of rotatable bonds is 8. The van der Waals surface area contributed by atoms with E-state index in [1.807, 2.05) is 39.8 Å². The third kappa shape index (κ3) is 5.89. The Labute approximate surface area is 205 Å². The quantitative estimate of drug-likeness (QED) is 0.202. The van der Waals surface area contributed by atoms with Gasteiger partial charge < -0.3 is 24.4 Å².